The topological polar surface area (TPSA) is 30.3 Å². The molecule has 1 saturated heterocycles. The maximum atomic E-state index is 13.1. The van der Waals surface area contributed by atoms with Crippen molar-refractivity contribution in [1.82, 2.24) is 9.80 Å². The zero-order valence-corrected chi connectivity index (χ0v) is 13.1. The van der Waals surface area contributed by atoms with E-state index in [4.69, 9.17) is 11.6 Å². The van der Waals surface area contributed by atoms with Crippen molar-refractivity contribution in [1.29, 1.82) is 5.26 Å². The van der Waals surface area contributed by atoms with Crippen LogP contribution < -0.4 is 0 Å². The molecule has 0 bridgehead atoms. The van der Waals surface area contributed by atoms with E-state index in [1.807, 2.05) is 0 Å². The molecule has 21 heavy (non-hydrogen) atoms. The molecule has 1 aromatic rings. The normalized spacial score (nSPS) is 18.4. The van der Waals surface area contributed by atoms with Gasteiger partial charge in [0.1, 0.15) is 5.82 Å². The lowest BCUT2D eigenvalue weighted by atomic mass is 10.1. The van der Waals surface area contributed by atoms with Gasteiger partial charge in [0.15, 0.2) is 0 Å². The molecular formula is C16H21ClFN3. The second kappa shape index (κ2) is 7.74. The van der Waals surface area contributed by atoms with Gasteiger partial charge >= 0.3 is 0 Å². The fourth-order valence-corrected chi connectivity index (χ4v) is 2.93. The number of halogens is 2. The molecular weight excluding hydrogens is 289 g/mol. The van der Waals surface area contributed by atoms with Crippen molar-refractivity contribution in [3.63, 3.8) is 0 Å². The van der Waals surface area contributed by atoms with Gasteiger partial charge in [0.25, 0.3) is 0 Å². The van der Waals surface area contributed by atoms with Crippen molar-refractivity contribution in [2.45, 2.75) is 32.4 Å². The van der Waals surface area contributed by atoms with Crippen molar-refractivity contribution in [2.24, 2.45) is 0 Å². The predicted octanol–water partition coefficient (Wildman–Crippen LogP) is 3.29. The first-order chi connectivity index (χ1) is 10.1. The number of rotatable bonds is 5. The molecule has 0 N–H and O–H groups in total. The summed E-state index contributed by atoms with van der Waals surface area (Å²) >= 11 is 5.81. The third kappa shape index (κ3) is 4.41. The van der Waals surface area contributed by atoms with Crippen LogP contribution in [0.1, 0.15) is 25.3 Å². The summed E-state index contributed by atoms with van der Waals surface area (Å²) in [6.07, 6.45) is 1.97. The van der Waals surface area contributed by atoms with E-state index in [9.17, 15) is 9.65 Å². The van der Waals surface area contributed by atoms with E-state index in [1.54, 1.807) is 12.1 Å². The zero-order valence-electron chi connectivity index (χ0n) is 12.4. The van der Waals surface area contributed by atoms with E-state index in [0.717, 1.165) is 51.1 Å². The van der Waals surface area contributed by atoms with Crippen molar-refractivity contribution in [2.75, 3.05) is 26.2 Å². The highest BCUT2D eigenvalue weighted by Gasteiger charge is 2.23. The van der Waals surface area contributed by atoms with E-state index in [0.29, 0.717) is 0 Å². The van der Waals surface area contributed by atoms with Crippen LogP contribution in [-0.4, -0.2) is 42.0 Å². The van der Waals surface area contributed by atoms with Crippen molar-refractivity contribution >= 4 is 11.6 Å². The number of nitriles is 1. The molecule has 1 fully saturated rings. The molecule has 1 heterocycles. The standard InChI is InChI=1S/C16H21ClFN3/c1-2-3-14(11-19)21-8-6-20(7-9-21)12-13-4-5-16(18)15(17)10-13/h4-5,10,14H,2-3,6-9,12H2,1H3. The van der Waals surface area contributed by atoms with Crippen LogP contribution in [0.5, 0.6) is 0 Å². The average molecular weight is 310 g/mol. The Balaban J connectivity index is 1.86. The van der Waals surface area contributed by atoms with Crippen LogP contribution in [0.25, 0.3) is 0 Å². The minimum Gasteiger partial charge on any atom is -0.297 e. The Bertz CT molecular complexity index is 507. The minimum absolute atomic E-state index is 0.0393. The molecule has 0 radical (unpaired) electrons. The lowest BCUT2D eigenvalue weighted by Gasteiger charge is -2.36. The van der Waals surface area contributed by atoms with Crippen LogP contribution in [0.3, 0.4) is 0 Å². The summed E-state index contributed by atoms with van der Waals surface area (Å²) < 4.78 is 13.1. The molecule has 0 amide bonds. The van der Waals surface area contributed by atoms with Gasteiger partial charge in [-0.3, -0.25) is 9.80 Å². The second-order valence-corrected chi connectivity index (χ2v) is 5.90. The van der Waals surface area contributed by atoms with Crippen LogP contribution in [0.2, 0.25) is 5.02 Å². The SMILES string of the molecule is CCCC(C#N)N1CCN(Cc2ccc(F)c(Cl)c2)CC1. The largest absolute Gasteiger partial charge is 0.297 e. The monoisotopic (exact) mass is 309 g/mol. The van der Waals surface area contributed by atoms with Gasteiger partial charge in [-0.05, 0) is 24.1 Å². The number of nitrogens with zero attached hydrogens (tertiary/aromatic N) is 3. The molecule has 5 heteroatoms. The Morgan fingerprint density at radius 3 is 2.62 bits per heavy atom. The van der Waals surface area contributed by atoms with E-state index < -0.39 is 0 Å². The van der Waals surface area contributed by atoms with Gasteiger partial charge in [-0.1, -0.05) is 31.0 Å². The lowest BCUT2D eigenvalue weighted by Crippen LogP contribution is -2.49. The van der Waals surface area contributed by atoms with E-state index in [2.05, 4.69) is 22.8 Å². The number of piperazine rings is 1. The van der Waals surface area contributed by atoms with E-state index in [-0.39, 0.29) is 16.9 Å². The molecule has 1 aliphatic rings. The number of benzene rings is 1. The maximum absolute atomic E-state index is 13.1. The smallest absolute Gasteiger partial charge is 0.141 e. The highest BCUT2D eigenvalue weighted by Crippen LogP contribution is 2.18. The molecule has 1 aliphatic heterocycles. The molecule has 0 aliphatic carbocycles. The molecule has 0 aromatic heterocycles. The van der Waals surface area contributed by atoms with Crippen molar-refractivity contribution in [3.05, 3.63) is 34.6 Å². The Labute approximate surface area is 130 Å². The second-order valence-electron chi connectivity index (χ2n) is 5.49. The maximum Gasteiger partial charge on any atom is 0.141 e. The Morgan fingerprint density at radius 2 is 2.05 bits per heavy atom. The summed E-state index contributed by atoms with van der Waals surface area (Å²) in [4.78, 5) is 4.58. The lowest BCUT2D eigenvalue weighted by molar-refractivity contribution is 0.106. The first-order valence-electron chi connectivity index (χ1n) is 7.44. The van der Waals surface area contributed by atoms with Gasteiger partial charge in [0.2, 0.25) is 0 Å². The molecule has 0 spiro atoms. The highest BCUT2D eigenvalue weighted by atomic mass is 35.5. The van der Waals surface area contributed by atoms with Crippen LogP contribution >= 0.6 is 11.6 Å². The zero-order chi connectivity index (χ0) is 15.2. The van der Waals surface area contributed by atoms with Gasteiger partial charge in [0.05, 0.1) is 17.1 Å². The van der Waals surface area contributed by atoms with Crippen LogP contribution in [0.4, 0.5) is 4.39 Å². The summed E-state index contributed by atoms with van der Waals surface area (Å²) in [7, 11) is 0. The van der Waals surface area contributed by atoms with Crippen molar-refractivity contribution < 1.29 is 4.39 Å². The van der Waals surface area contributed by atoms with Crippen LogP contribution in [-0.2, 0) is 6.54 Å². The molecule has 1 aromatic carbocycles. The van der Waals surface area contributed by atoms with Crippen LogP contribution in [0, 0.1) is 17.1 Å². The highest BCUT2D eigenvalue weighted by molar-refractivity contribution is 6.30. The average Bonchev–Trinajstić information content (AvgIpc) is 2.49. The summed E-state index contributed by atoms with van der Waals surface area (Å²) in [5, 5.41) is 9.39. The molecule has 1 unspecified atom stereocenters. The van der Waals surface area contributed by atoms with E-state index in [1.165, 1.54) is 6.07 Å². The molecule has 2 rings (SSSR count). The number of hydrogen-bond donors (Lipinski definition) is 0. The van der Waals surface area contributed by atoms with E-state index >= 15 is 0 Å². The van der Waals surface area contributed by atoms with Gasteiger partial charge < -0.3 is 0 Å². The van der Waals surface area contributed by atoms with Gasteiger partial charge in [-0.25, -0.2) is 4.39 Å². The summed E-state index contributed by atoms with van der Waals surface area (Å²) in [6, 6.07) is 7.33. The van der Waals surface area contributed by atoms with Gasteiger partial charge in [-0.15, -0.1) is 0 Å². The molecule has 1 atom stereocenters. The first kappa shape index (κ1) is 16.2. The molecule has 114 valence electrons. The summed E-state index contributed by atoms with van der Waals surface area (Å²) in [5.74, 6) is -0.373. The fourth-order valence-electron chi connectivity index (χ4n) is 2.73. The Hall–Kier alpha value is -1.15. The minimum atomic E-state index is -0.373. The van der Waals surface area contributed by atoms with Gasteiger partial charge in [-0.2, -0.15) is 5.26 Å². The summed E-state index contributed by atoms with van der Waals surface area (Å²) in [5.41, 5.74) is 1.03. The van der Waals surface area contributed by atoms with Gasteiger partial charge in [0, 0.05) is 32.7 Å². The Kier molecular flexibility index (Phi) is 5.98. The molecule has 3 nitrogen and oxygen atoms in total. The third-order valence-corrected chi connectivity index (χ3v) is 4.24. The first-order valence-corrected chi connectivity index (χ1v) is 7.81. The van der Waals surface area contributed by atoms with Crippen LogP contribution in [0.15, 0.2) is 18.2 Å². The third-order valence-electron chi connectivity index (χ3n) is 3.95. The molecule has 0 saturated carbocycles. The summed E-state index contributed by atoms with van der Waals surface area (Å²) in [6.45, 7) is 6.56. The number of hydrogen-bond acceptors (Lipinski definition) is 3. The van der Waals surface area contributed by atoms with Crippen molar-refractivity contribution in [3.8, 4) is 6.07 Å². The quantitative estimate of drug-likeness (QED) is 0.836. The predicted molar refractivity (Wildman–Crippen MR) is 82.6 cm³/mol. The fraction of sp³-hybridized carbons (Fsp3) is 0.562. The Morgan fingerprint density at radius 1 is 1.33 bits per heavy atom.